The lowest BCUT2D eigenvalue weighted by molar-refractivity contribution is 0.141. The van der Waals surface area contributed by atoms with Gasteiger partial charge in [-0.1, -0.05) is 19.8 Å². The number of anilines is 1. The molecule has 2 rings (SSSR count). The Labute approximate surface area is 108 Å². The summed E-state index contributed by atoms with van der Waals surface area (Å²) in [6.45, 7) is 3.49. The molecule has 1 aromatic heterocycles. The zero-order chi connectivity index (χ0) is 12.3. The third kappa shape index (κ3) is 3.42. The lowest BCUT2D eigenvalue weighted by Crippen LogP contribution is -2.39. The predicted octanol–water partition coefficient (Wildman–Crippen LogP) is 2.78. The first kappa shape index (κ1) is 12.8. The quantitative estimate of drug-likeness (QED) is 0.897. The number of hydrogen-bond donors (Lipinski definition) is 1. The Balaban J connectivity index is 1.82. The molecular weight excluding hydrogens is 230 g/mol. The summed E-state index contributed by atoms with van der Waals surface area (Å²) in [7, 11) is 2.25. The minimum atomic E-state index is 0.689. The molecule has 3 nitrogen and oxygen atoms in total. The minimum absolute atomic E-state index is 0.689. The monoisotopic (exact) mass is 253 g/mol. The van der Waals surface area contributed by atoms with Gasteiger partial charge in [0, 0.05) is 24.4 Å². The van der Waals surface area contributed by atoms with Crippen molar-refractivity contribution in [2.24, 2.45) is 5.92 Å². The van der Waals surface area contributed by atoms with Crippen molar-refractivity contribution >= 4 is 16.5 Å². The average Bonchev–Trinajstić information content (AvgIpc) is 2.73. The van der Waals surface area contributed by atoms with E-state index in [9.17, 15) is 0 Å². The van der Waals surface area contributed by atoms with Crippen molar-refractivity contribution in [3.63, 3.8) is 0 Å². The lowest BCUT2D eigenvalue weighted by Gasteiger charge is -2.36. The molecule has 1 heterocycles. The van der Waals surface area contributed by atoms with Gasteiger partial charge < -0.3 is 10.6 Å². The van der Waals surface area contributed by atoms with Crippen molar-refractivity contribution < 1.29 is 0 Å². The van der Waals surface area contributed by atoms with Gasteiger partial charge in [0.15, 0.2) is 5.13 Å². The highest BCUT2D eigenvalue weighted by atomic mass is 32.1. The van der Waals surface area contributed by atoms with Crippen LogP contribution >= 0.6 is 11.3 Å². The van der Waals surface area contributed by atoms with E-state index in [2.05, 4.69) is 29.2 Å². The van der Waals surface area contributed by atoms with E-state index < -0.39 is 0 Å². The molecule has 0 aromatic carbocycles. The van der Waals surface area contributed by atoms with Crippen LogP contribution in [-0.2, 0) is 6.42 Å². The second-order valence-electron chi connectivity index (χ2n) is 5.24. The minimum Gasteiger partial charge on any atom is -0.375 e. The van der Waals surface area contributed by atoms with Crippen LogP contribution in [0.3, 0.4) is 0 Å². The number of rotatable bonds is 4. The summed E-state index contributed by atoms with van der Waals surface area (Å²) in [4.78, 5) is 6.83. The second-order valence-corrected chi connectivity index (χ2v) is 6.13. The van der Waals surface area contributed by atoms with E-state index in [1.807, 2.05) is 0 Å². The number of thiazole rings is 1. The maximum Gasteiger partial charge on any atom is 0.180 e. The van der Waals surface area contributed by atoms with Crippen LogP contribution in [0.1, 0.15) is 38.3 Å². The van der Waals surface area contributed by atoms with Gasteiger partial charge in [-0.2, -0.15) is 0 Å². The van der Waals surface area contributed by atoms with E-state index in [4.69, 9.17) is 5.73 Å². The molecule has 1 aromatic rings. The van der Waals surface area contributed by atoms with Crippen LogP contribution in [0.2, 0.25) is 0 Å². The maximum absolute atomic E-state index is 5.64. The Hall–Kier alpha value is -0.610. The molecule has 96 valence electrons. The van der Waals surface area contributed by atoms with Crippen LogP contribution in [0.5, 0.6) is 0 Å². The largest absolute Gasteiger partial charge is 0.375 e. The standard InChI is InChI=1S/C13H23N3S/c1-10-5-3-4-6-12(10)16(2)8-7-11-9-17-13(14)15-11/h9-10,12H,3-8H2,1-2H3,(H2,14,15). The first-order valence-corrected chi connectivity index (χ1v) is 7.45. The van der Waals surface area contributed by atoms with Crippen molar-refractivity contribution in [1.82, 2.24) is 9.88 Å². The van der Waals surface area contributed by atoms with E-state index in [0.717, 1.165) is 30.6 Å². The highest BCUT2D eigenvalue weighted by Crippen LogP contribution is 2.27. The fraction of sp³-hybridized carbons (Fsp3) is 0.769. The Kier molecular flexibility index (Phi) is 4.40. The fourth-order valence-corrected chi connectivity index (χ4v) is 3.44. The third-order valence-electron chi connectivity index (χ3n) is 3.92. The first-order valence-electron chi connectivity index (χ1n) is 6.57. The lowest BCUT2D eigenvalue weighted by atomic mass is 9.85. The van der Waals surface area contributed by atoms with Gasteiger partial charge in [0.2, 0.25) is 0 Å². The van der Waals surface area contributed by atoms with Gasteiger partial charge in [-0.3, -0.25) is 0 Å². The van der Waals surface area contributed by atoms with Crippen LogP contribution in [0, 0.1) is 5.92 Å². The molecule has 0 saturated heterocycles. The molecule has 1 saturated carbocycles. The molecule has 0 amide bonds. The molecule has 1 fully saturated rings. The van der Waals surface area contributed by atoms with E-state index in [-0.39, 0.29) is 0 Å². The summed E-state index contributed by atoms with van der Waals surface area (Å²) in [5.74, 6) is 0.842. The number of hydrogen-bond acceptors (Lipinski definition) is 4. The van der Waals surface area contributed by atoms with Crippen molar-refractivity contribution in [3.8, 4) is 0 Å². The molecule has 2 atom stereocenters. The third-order valence-corrected chi connectivity index (χ3v) is 4.65. The second kappa shape index (κ2) is 5.83. The molecule has 1 aliphatic carbocycles. The normalized spacial score (nSPS) is 25.4. The molecule has 0 radical (unpaired) electrons. The van der Waals surface area contributed by atoms with E-state index in [1.54, 1.807) is 11.3 Å². The van der Waals surface area contributed by atoms with Crippen LogP contribution in [0.15, 0.2) is 5.38 Å². The van der Waals surface area contributed by atoms with Crippen molar-refractivity contribution in [3.05, 3.63) is 11.1 Å². The molecule has 2 N–H and O–H groups in total. The fourth-order valence-electron chi connectivity index (χ4n) is 2.85. The Morgan fingerprint density at radius 1 is 1.47 bits per heavy atom. The summed E-state index contributed by atoms with van der Waals surface area (Å²) >= 11 is 1.54. The molecule has 0 aliphatic heterocycles. The number of likely N-dealkylation sites (N-methyl/N-ethyl adjacent to an activating group) is 1. The van der Waals surface area contributed by atoms with E-state index in [0.29, 0.717) is 5.13 Å². The number of aromatic nitrogens is 1. The Morgan fingerprint density at radius 3 is 2.88 bits per heavy atom. The van der Waals surface area contributed by atoms with Gasteiger partial charge in [-0.15, -0.1) is 11.3 Å². The van der Waals surface area contributed by atoms with Gasteiger partial charge in [-0.25, -0.2) is 4.98 Å². The van der Waals surface area contributed by atoms with Crippen LogP contribution in [0.25, 0.3) is 0 Å². The average molecular weight is 253 g/mol. The molecular formula is C13H23N3S. The van der Waals surface area contributed by atoms with Gasteiger partial charge >= 0.3 is 0 Å². The van der Waals surface area contributed by atoms with E-state index in [1.165, 1.54) is 25.7 Å². The summed E-state index contributed by atoms with van der Waals surface area (Å²) in [5, 5.41) is 2.77. The Bertz CT molecular complexity index is 350. The summed E-state index contributed by atoms with van der Waals surface area (Å²) in [5.41, 5.74) is 6.79. The molecule has 0 bridgehead atoms. The number of nitrogens with zero attached hydrogens (tertiary/aromatic N) is 2. The SMILES string of the molecule is CC1CCCCC1N(C)CCc1csc(N)n1. The Morgan fingerprint density at radius 2 is 2.24 bits per heavy atom. The number of nitrogens with two attached hydrogens (primary N) is 1. The van der Waals surface area contributed by atoms with Gasteiger partial charge in [0.1, 0.15) is 0 Å². The summed E-state index contributed by atoms with van der Waals surface area (Å²) in [6.07, 6.45) is 6.57. The maximum atomic E-state index is 5.64. The zero-order valence-corrected chi connectivity index (χ0v) is 11.7. The summed E-state index contributed by atoms with van der Waals surface area (Å²) < 4.78 is 0. The van der Waals surface area contributed by atoms with Gasteiger partial charge in [0.05, 0.1) is 5.69 Å². The molecule has 17 heavy (non-hydrogen) atoms. The first-order chi connectivity index (χ1) is 8.16. The van der Waals surface area contributed by atoms with Gasteiger partial charge in [-0.05, 0) is 25.8 Å². The molecule has 4 heteroatoms. The van der Waals surface area contributed by atoms with Crippen molar-refractivity contribution in [2.45, 2.75) is 45.1 Å². The molecule has 2 unspecified atom stereocenters. The highest BCUT2D eigenvalue weighted by molar-refractivity contribution is 7.13. The summed E-state index contributed by atoms with van der Waals surface area (Å²) in [6, 6.07) is 0.764. The predicted molar refractivity (Wildman–Crippen MR) is 74.3 cm³/mol. The molecule has 1 aliphatic rings. The molecule has 0 spiro atoms. The van der Waals surface area contributed by atoms with Gasteiger partial charge in [0.25, 0.3) is 0 Å². The highest BCUT2D eigenvalue weighted by Gasteiger charge is 2.24. The number of nitrogen functional groups attached to an aromatic ring is 1. The van der Waals surface area contributed by atoms with Crippen molar-refractivity contribution in [1.29, 1.82) is 0 Å². The van der Waals surface area contributed by atoms with Crippen LogP contribution in [-0.4, -0.2) is 29.5 Å². The van der Waals surface area contributed by atoms with Crippen LogP contribution < -0.4 is 5.73 Å². The zero-order valence-electron chi connectivity index (χ0n) is 10.9. The topological polar surface area (TPSA) is 42.1 Å². The van der Waals surface area contributed by atoms with Crippen LogP contribution in [0.4, 0.5) is 5.13 Å². The van der Waals surface area contributed by atoms with Crippen molar-refractivity contribution in [2.75, 3.05) is 19.3 Å². The smallest absolute Gasteiger partial charge is 0.180 e. The van der Waals surface area contributed by atoms with E-state index >= 15 is 0 Å².